The van der Waals surface area contributed by atoms with Gasteiger partial charge < -0.3 is 10.9 Å². The second-order valence-electron chi connectivity index (χ2n) is 2.98. The van der Waals surface area contributed by atoms with Gasteiger partial charge in [-0.1, -0.05) is 5.16 Å². The van der Waals surface area contributed by atoms with Crippen LogP contribution in [-0.2, 0) is 0 Å². The van der Waals surface area contributed by atoms with E-state index in [1.807, 2.05) is 0 Å². The van der Waals surface area contributed by atoms with Crippen molar-refractivity contribution in [3.8, 4) is 0 Å². The van der Waals surface area contributed by atoms with Gasteiger partial charge in [-0.2, -0.15) is 13.2 Å². The largest absolute Gasteiger partial charge is 0.441 e. The first-order chi connectivity index (χ1) is 6.78. The Morgan fingerprint density at radius 3 is 2.53 bits per heavy atom. The molecule has 0 aliphatic carbocycles. The van der Waals surface area contributed by atoms with Gasteiger partial charge in [0, 0.05) is 12.3 Å². The molecule has 0 heterocycles. The Hall–Kier alpha value is -0.630. The first kappa shape index (κ1) is 14.4. The van der Waals surface area contributed by atoms with Gasteiger partial charge in [0.25, 0.3) is 0 Å². The van der Waals surface area contributed by atoms with Gasteiger partial charge in [-0.25, -0.2) is 0 Å². The van der Waals surface area contributed by atoms with Gasteiger partial charge in [0.2, 0.25) is 0 Å². The fraction of sp³-hybridized carbons (Fsp3) is 0.857. The lowest BCUT2D eigenvalue weighted by Crippen LogP contribution is -2.41. The molecular weight excluding hydrogens is 231 g/mol. The fourth-order valence-corrected chi connectivity index (χ4v) is 1.42. The van der Waals surface area contributed by atoms with Crippen molar-refractivity contribution >= 4 is 17.6 Å². The summed E-state index contributed by atoms with van der Waals surface area (Å²) in [5.74, 6) is -0.0993. The van der Waals surface area contributed by atoms with Gasteiger partial charge in [-0.05, 0) is 25.7 Å². The van der Waals surface area contributed by atoms with Crippen molar-refractivity contribution in [3.63, 3.8) is 0 Å². The number of hydrogen-bond acceptors (Lipinski definition) is 4. The van der Waals surface area contributed by atoms with Crippen molar-refractivity contribution in [1.29, 1.82) is 0 Å². The second kappa shape index (κ2) is 6.06. The van der Waals surface area contributed by atoms with Crippen LogP contribution in [0.25, 0.3) is 0 Å². The number of amidine groups is 1. The van der Waals surface area contributed by atoms with E-state index in [1.165, 1.54) is 0 Å². The lowest BCUT2D eigenvalue weighted by Gasteiger charge is -2.23. The van der Waals surface area contributed by atoms with Gasteiger partial charge in [-0.3, -0.25) is 4.90 Å². The topological polar surface area (TPSA) is 61.9 Å². The summed E-state index contributed by atoms with van der Waals surface area (Å²) in [6.07, 6.45) is 0. The first-order valence-electron chi connectivity index (χ1n) is 4.16. The van der Waals surface area contributed by atoms with E-state index in [2.05, 4.69) is 5.16 Å². The number of nitrogens with zero attached hydrogens (tertiary/aromatic N) is 2. The average molecular weight is 245 g/mol. The van der Waals surface area contributed by atoms with E-state index >= 15 is 0 Å². The van der Waals surface area contributed by atoms with Gasteiger partial charge >= 0.3 is 5.51 Å². The number of likely N-dealkylation sites (N-methyl/N-ethyl adjacent to an activating group) is 1. The first-order valence-corrected chi connectivity index (χ1v) is 5.15. The number of rotatable bonds is 5. The van der Waals surface area contributed by atoms with Crippen molar-refractivity contribution in [3.05, 3.63) is 0 Å². The Morgan fingerprint density at radius 1 is 1.60 bits per heavy atom. The smallest absolute Gasteiger partial charge is 0.409 e. The third-order valence-electron chi connectivity index (χ3n) is 1.91. The lowest BCUT2D eigenvalue weighted by atomic mass is 10.3. The van der Waals surface area contributed by atoms with Gasteiger partial charge in [-0.15, -0.1) is 0 Å². The van der Waals surface area contributed by atoms with Crippen LogP contribution in [0.5, 0.6) is 0 Å². The minimum atomic E-state index is -4.21. The molecule has 15 heavy (non-hydrogen) atoms. The maximum Gasteiger partial charge on any atom is 0.441 e. The highest BCUT2D eigenvalue weighted by Gasteiger charge is 2.28. The summed E-state index contributed by atoms with van der Waals surface area (Å²) in [6.45, 7) is 1.86. The summed E-state index contributed by atoms with van der Waals surface area (Å²) in [4.78, 5) is 1.58. The highest BCUT2D eigenvalue weighted by atomic mass is 32.2. The number of halogens is 3. The molecule has 0 amide bonds. The van der Waals surface area contributed by atoms with Crippen LogP contribution >= 0.6 is 11.8 Å². The number of nitrogens with two attached hydrogens (primary N) is 1. The molecule has 0 aliphatic rings. The number of thioether (sulfide) groups is 1. The number of alkyl halides is 3. The van der Waals surface area contributed by atoms with E-state index < -0.39 is 5.51 Å². The summed E-state index contributed by atoms with van der Waals surface area (Å²) >= 11 is -0.0862. The molecule has 4 nitrogen and oxygen atoms in total. The van der Waals surface area contributed by atoms with E-state index in [0.29, 0.717) is 0 Å². The molecule has 0 bridgehead atoms. The lowest BCUT2D eigenvalue weighted by molar-refractivity contribution is -0.0328. The predicted octanol–water partition coefficient (Wildman–Crippen LogP) is 1.31. The zero-order valence-corrected chi connectivity index (χ0v) is 9.27. The van der Waals surface area contributed by atoms with Crippen LogP contribution in [0.15, 0.2) is 5.16 Å². The van der Waals surface area contributed by atoms with Crippen LogP contribution < -0.4 is 5.73 Å². The van der Waals surface area contributed by atoms with Crippen LogP contribution in [-0.4, -0.2) is 46.8 Å². The fourth-order valence-electron chi connectivity index (χ4n) is 0.808. The molecule has 8 heteroatoms. The molecule has 0 rings (SSSR count). The molecule has 1 atom stereocenters. The Bertz CT molecular complexity index is 222. The standard InChI is InChI=1S/C7H14F3N3OS/c1-5(6(11)12-14)13(2)3-4-15-7(8,9)10/h5,14H,3-4H2,1-2H3,(H2,11,12). The molecule has 0 aromatic heterocycles. The Labute approximate surface area is 90.3 Å². The molecule has 90 valence electrons. The van der Waals surface area contributed by atoms with Crippen LogP contribution in [0, 0.1) is 0 Å². The number of oxime groups is 1. The molecule has 0 saturated heterocycles. The predicted molar refractivity (Wildman–Crippen MR) is 54.0 cm³/mol. The third kappa shape index (κ3) is 6.45. The zero-order valence-electron chi connectivity index (χ0n) is 8.45. The van der Waals surface area contributed by atoms with Crippen LogP contribution in [0.4, 0.5) is 13.2 Å². The van der Waals surface area contributed by atoms with E-state index in [1.54, 1.807) is 18.9 Å². The molecule has 0 spiro atoms. The molecule has 3 N–H and O–H groups in total. The zero-order chi connectivity index (χ0) is 12.1. The molecule has 0 fully saturated rings. The van der Waals surface area contributed by atoms with Crippen LogP contribution in [0.1, 0.15) is 6.92 Å². The van der Waals surface area contributed by atoms with E-state index in [9.17, 15) is 13.2 Å². The van der Waals surface area contributed by atoms with Crippen molar-refractivity contribution in [2.24, 2.45) is 10.9 Å². The molecule has 0 aromatic carbocycles. The summed E-state index contributed by atoms with van der Waals surface area (Å²) in [7, 11) is 1.61. The van der Waals surface area contributed by atoms with Gasteiger partial charge in [0.1, 0.15) is 0 Å². The van der Waals surface area contributed by atoms with E-state index in [4.69, 9.17) is 10.9 Å². The SMILES string of the molecule is CC(C(N)=NO)N(C)CCSC(F)(F)F. The van der Waals surface area contributed by atoms with Crippen molar-refractivity contribution < 1.29 is 18.4 Å². The average Bonchev–Trinajstić information content (AvgIpc) is 2.13. The van der Waals surface area contributed by atoms with E-state index in [-0.39, 0.29) is 35.9 Å². The monoisotopic (exact) mass is 245 g/mol. The van der Waals surface area contributed by atoms with Crippen LogP contribution in [0.3, 0.4) is 0 Å². The maximum absolute atomic E-state index is 11.8. The molecule has 0 aliphatic heterocycles. The highest BCUT2D eigenvalue weighted by Crippen LogP contribution is 2.29. The molecular formula is C7H14F3N3OS. The maximum atomic E-state index is 11.8. The summed E-state index contributed by atoms with van der Waals surface area (Å²) in [5, 5.41) is 11.1. The minimum Gasteiger partial charge on any atom is -0.409 e. The molecule has 0 radical (unpaired) electrons. The van der Waals surface area contributed by atoms with Crippen molar-refractivity contribution in [2.75, 3.05) is 19.3 Å². The Balaban J connectivity index is 3.89. The Kier molecular flexibility index (Phi) is 5.81. The Morgan fingerprint density at radius 2 is 2.13 bits per heavy atom. The third-order valence-corrected chi connectivity index (χ3v) is 2.63. The molecule has 0 aromatic rings. The van der Waals surface area contributed by atoms with Gasteiger partial charge in [0.15, 0.2) is 5.84 Å². The summed E-state index contributed by atoms with van der Waals surface area (Å²) in [5.41, 5.74) is 1.10. The number of hydrogen-bond donors (Lipinski definition) is 2. The summed E-state index contributed by atoms with van der Waals surface area (Å²) < 4.78 is 35.4. The van der Waals surface area contributed by atoms with Crippen molar-refractivity contribution in [1.82, 2.24) is 4.90 Å². The molecule has 1 unspecified atom stereocenters. The second-order valence-corrected chi connectivity index (χ2v) is 4.14. The highest BCUT2D eigenvalue weighted by molar-refractivity contribution is 8.00. The van der Waals surface area contributed by atoms with Crippen LogP contribution in [0.2, 0.25) is 0 Å². The molecule has 0 saturated carbocycles. The minimum absolute atomic E-state index is 0.0190. The van der Waals surface area contributed by atoms with E-state index in [0.717, 1.165) is 0 Å². The normalized spacial score (nSPS) is 15.7. The van der Waals surface area contributed by atoms with Crippen molar-refractivity contribution in [2.45, 2.75) is 18.5 Å². The quantitative estimate of drug-likeness (QED) is 0.332. The van der Waals surface area contributed by atoms with Gasteiger partial charge in [0.05, 0.1) is 6.04 Å². The summed E-state index contributed by atoms with van der Waals surface area (Å²) in [6, 6.07) is -0.385.